The van der Waals surface area contributed by atoms with Crippen LogP contribution in [0.4, 0.5) is 0 Å². The van der Waals surface area contributed by atoms with Gasteiger partial charge in [-0.05, 0) is 25.3 Å². The van der Waals surface area contributed by atoms with Gasteiger partial charge in [0.2, 0.25) is 0 Å². The molecule has 4 nitrogen and oxygen atoms in total. The fraction of sp³-hybridized carbons (Fsp3) is 0.333. The van der Waals surface area contributed by atoms with E-state index < -0.39 is 5.97 Å². The van der Waals surface area contributed by atoms with Crippen molar-refractivity contribution in [1.29, 1.82) is 0 Å². The Morgan fingerprint density at radius 2 is 2.11 bits per heavy atom. The summed E-state index contributed by atoms with van der Waals surface area (Å²) in [5.41, 5.74) is 5.17. The summed E-state index contributed by atoms with van der Waals surface area (Å²) in [6, 6.07) is 8.21. The Kier molecular flexibility index (Phi) is 2.85. The van der Waals surface area contributed by atoms with Crippen LogP contribution in [0.15, 0.2) is 24.3 Å². The third kappa shape index (κ3) is 2.14. The van der Waals surface area contributed by atoms with E-state index in [0.29, 0.717) is 5.69 Å². The minimum Gasteiger partial charge on any atom is -0.481 e. The minimum atomic E-state index is -0.829. The quantitative estimate of drug-likeness (QED) is 0.917. The van der Waals surface area contributed by atoms with Crippen molar-refractivity contribution < 1.29 is 9.90 Å². The van der Waals surface area contributed by atoms with E-state index in [4.69, 9.17) is 5.11 Å². The smallest absolute Gasteiger partial charge is 0.309 e. The average molecular weight is 256 g/mol. The summed E-state index contributed by atoms with van der Waals surface area (Å²) >= 11 is 0. The van der Waals surface area contributed by atoms with Crippen molar-refractivity contribution in [3.8, 4) is 11.1 Å². The molecular formula is C15H16N2O2. The molecule has 0 amide bonds. The molecule has 1 N–H and O–H groups in total. The molecule has 0 spiro atoms. The van der Waals surface area contributed by atoms with Crippen molar-refractivity contribution in [2.45, 2.75) is 32.7 Å². The van der Waals surface area contributed by atoms with Gasteiger partial charge in [0.1, 0.15) is 0 Å². The zero-order valence-electron chi connectivity index (χ0n) is 10.9. The van der Waals surface area contributed by atoms with Crippen molar-refractivity contribution in [2.24, 2.45) is 0 Å². The number of carbonyl (C=O) groups is 1. The monoisotopic (exact) mass is 256 g/mol. The van der Waals surface area contributed by atoms with Gasteiger partial charge in [-0.15, -0.1) is 0 Å². The van der Waals surface area contributed by atoms with Gasteiger partial charge in [0, 0.05) is 17.8 Å². The number of carboxylic acid groups (broad SMARTS) is 1. The molecule has 1 aliphatic rings. The second-order valence-corrected chi connectivity index (χ2v) is 5.03. The highest BCUT2D eigenvalue weighted by atomic mass is 16.4. The van der Waals surface area contributed by atoms with Gasteiger partial charge in [-0.25, -0.2) is 0 Å². The molecule has 0 radical (unpaired) electrons. The van der Waals surface area contributed by atoms with E-state index in [0.717, 1.165) is 30.5 Å². The first-order chi connectivity index (χ1) is 9.15. The number of aliphatic carboxylic acids is 1. The molecule has 1 aromatic heterocycles. The number of benzene rings is 1. The predicted octanol–water partition coefficient (Wildman–Crippen LogP) is 2.43. The summed E-state index contributed by atoms with van der Waals surface area (Å²) in [4.78, 5) is 11.0. The van der Waals surface area contributed by atoms with E-state index in [9.17, 15) is 4.79 Å². The van der Waals surface area contributed by atoms with Crippen LogP contribution >= 0.6 is 0 Å². The Morgan fingerprint density at radius 3 is 2.79 bits per heavy atom. The Bertz CT molecular complexity index is 626. The second-order valence-electron chi connectivity index (χ2n) is 5.03. The van der Waals surface area contributed by atoms with E-state index in [1.807, 2.05) is 11.6 Å². The summed E-state index contributed by atoms with van der Waals surface area (Å²) in [6.45, 7) is 2.94. The highest BCUT2D eigenvalue weighted by Gasteiger charge is 2.23. The normalized spacial score (nSPS) is 13.5. The lowest BCUT2D eigenvalue weighted by atomic mass is 9.99. The number of hydrogen-bond acceptors (Lipinski definition) is 2. The molecule has 0 saturated carbocycles. The van der Waals surface area contributed by atoms with Gasteiger partial charge in [0.15, 0.2) is 0 Å². The van der Waals surface area contributed by atoms with Gasteiger partial charge >= 0.3 is 5.97 Å². The predicted molar refractivity (Wildman–Crippen MR) is 72.1 cm³/mol. The molecular weight excluding hydrogens is 240 g/mol. The van der Waals surface area contributed by atoms with Gasteiger partial charge in [0.05, 0.1) is 12.1 Å². The Labute approximate surface area is 111 Å². The summed E-state index contributed by atoms with van der Waals surface area (Å²) in [7, 11) is 0. The topological polar surface area (TPSA) is 55.1 Å². The Hall–Kier alpha value is -2.10. The first-order valence-corrected chi connectivity index (χ1v) is 6.52. The standard InChI is InChI=1S/C15H16N2O2/c1-10-4-6-11(7-5-10)15-12(9-14(18)19)16-17-8-2-3-13(15)17/h4-7H,2-3,8-9H2,1H3,(H,18,19). The van der Waals surface area contributed by atoms with E-state index >= 15 is 0 Å². The molecule has 19 heavy (non-hydrogen) atoms. The van der Waals surface area contributed by atoms with Crippen LogP contribution in [0, 0.1) is 6.92 Å². The number of hydrogen-bond donors (Lipinski definition) is 1. The van der Waals surface area contributed by atoms with Crippen molar-refractivity contribution >= 4 is 5.97 Å². The molecule has 1 aliphatic heterocycles. The van der Waals surface area contributed by atoms with Crippen LogP contribution in [0.1, 0.15) is 23.4 Å². The van der Waals surface area contributed by atoms with E-state index in [-0.39, 0.29) is 6.42 Å². The Morgan fingerprint density at radius 1 is 1.37 bits per heavy atom. The molecule has 0 atom stereocenters. The number of aryl methyl sites for hydroxylation is 2. The van der Waals surface area contributed by atoms with Crippen molar-refractivity contribution in [3.63, 3.8) is 0 Å². The molecule has 1 aromatic carbocycles. The molecule has 0 bridgehead atoms. The summed E-state index contributed by atoms with van der Waals surface area (Å²) in [6.07, 6.45) is 2.06. The Balaban J connectivity index is 2.12. The number of nitrogens with zero attached hydrogens (tertiary/aromatic N) is 2. The molecule has 98 valence electrons. The molecule has 0 fully saturated rings. The second kappa shape index (κ2) is 4.53. The first-order valence-electron chi connectivity index (χ1n) is 6.52. The van der Waals surface area contributed by atoms with Gasteiger partial charge in [0.25, 0.3) is 0 Å². The van der Waals surface area contributed by atoms with Crippen LogP contribution in [0.5, 0.6) is 0 Å². The van der Waals surface area contributed by atoms with Crippen LogP contribution in [-0.2, 0) is 24.2 Å². The van der Waals surface area contributed by atoms with Crippen LogP contribution < -0.4 is 0 Å². The van der Waals surface area contributed by atoms with Crippen LogP contribution in [0.3, 0.4) is 0 Å². The highest BCUT2D eigenvalue weighted by molar-refractivity contribution is 5.77. The van der Waals surface area contributed by atoms with E-state index in [2.05, 4.69) is 29.4 Å². The molecule has 0 saturated heterocycles. The van der Waals surface area contributed by atoms with Crippen LogP contribution in [0.25, 0.3) is 11.1 Å². The fourth-order valence-corrected chi connectivity index (χ4v) is 2.71. The molecule has 0 unspecified atom stereocenters. The maximum Gasteiger partial charge on any atom is 0.309 e. The maximum absolute atomic E-state index is 11.0. The minimum absolute atomic E-state index is 0.0107. The van der Waals surface area contributed by atoms with Gasteiger partial charge in [-0.1, -0.05) is 29.8 Å². The lowest BCUT2D eigenvalue weighted by Crippen LogP contribution is -2.03. The summed E-state index contributed by atoms with van der Waals surface area (Å²) in [5, 5.41) is 13.5. The zero-order chi connectivity index (χ0) is 13.4. The third-order valence-electron chi connectivity index (χ3n) is 3.57. The van der Waals surface area contributed by atoms with Crippen LogP contribution in [0.2, 0.25) is 0 Å². The lowest BCUT2D eigenvalue weighted by Gasteiger charge is -2.04. The van der Waals surface area contributed by atoms with E-state index in [1.165, 1.54) is 11.3 Å². The van der Waals surface area contributed by atoms with Crippen LogP contribution in [-0.4, -0.2) is 20.9 Å². The largest absolute Gasteiger partial charge is 0.481 e. The molecule has 0 aliphatic carbocycles. The summed E-state index contributed by atoms with van der Waals surface area (Å²) < 4.78 is 1.97. The van der Waals surface area contributed by atoms with Crippen molar-refractivity contribution in [3.05, 3.63) is 41.2 Å². The molecule has 3 rings (SSSR count). The highest BCUT2D eigenvalue weighted by Crippen LogP contribution is 2.32. The molecule has 2 aromatic rings. The number of aromatic nitrogens is 2. The fourth-order valence-electron chi connectivity index (χ4n) is 2.71. The lowest BCUT2D eigenvalue weighted by molar-refractivity contribution is -0.136. The van der Waals surface area contributed by atoms with E-state index in [1.54, 1.807) is 0 Å². The number of carboxylic acids is 1. The zero-order valence-corrected chi connectivity index (χ0v) is 10.9. The van der Waals surface area contributed by atoms with Crippen molar-refractivity contribution in [2.75, 3.05) is 0 Å². The number of fused-ring (bicyclic) bond motifs is 1. The van der Waals surface area contributed by atoms with Crippen molar-refractivity contribution in [1.82, 2.24) is 9.78 Å². The maximum atomic E-state index is 11.0. The third-order valence-corrected chi connectivity index (χ3v) is 3.57. The molecule has 2 heterocycles. The van der Waals surface area contributed by atoms with Gasteiger partial charge in [-0.2, -0.15) is 5.10 Å². The SMILES string of the molecule is Cc1ccc(-c2c(CC(=O)O)nn3c2CCC3)cc1. The summed E-state index contributed by atoms with van der Waals surface area (Å²) in [5.74, 6) is -0.829. The first kappa shape index (κ1) is 12.0. The van der Waals surface area contributed by atoms with Gasteiger partial charge < -0.3 is 5.11 Å². The average Bonchev–Trinajstić information content (AvgIpc) is 2.90. The van der Waals surface area contributed by atoms with Gasteiger partial charge in [-0.3, -0.25) is 9.48 Å². The number of rotatable bonds is 3. The molecule has 4 heteroatoms.